The summed E-state index contributed by atoms with van der Waals surface area (Å²) in [4.78, 5) is 10.6. The number of carbonyl (C=O) groups excluding carboxylic acids is 1. The fraction of sp³-hybridized carbons (Fsp3) is 0.550. The van der Waals surface area contributed by atoms with Crippen molar-refractivity contribution in [1.82, 2.24) is 0 Å². The number of carbonyl (C=O) groups is 1. The van der Waals surface area contributed by atoms with Crippen molar-refractivity contribution in [3.05, 3.63) is 48.6 Å². The molecule has 0 bridgehead atoms. The minimum absolute atomic E-state index is 0.316. The van der Waals surface area contributed by atoms with E-state index in [0.717, 1.165) is 12.8 Å². The van der Waals surface area contributed by atoms with Crippen LogP contribution in [0.25, 0.3) is 0 Å². The van der Waals surface area contributed by atoms with Gasteiger partial charge in [-0.15, -0.1) is 0 Å². The highest BCUT2D eigenvalue weighted by Gasteiger charge is 2.00. The number of nitrogens with two attached hydrogens (primary N) is 1. The molecule has 3 nitrogen and oxygen atoms in total. The summed E-state index contributed by atoms with van der Waals surface area (Å²) in [6, 6.07) is 0. The fourth-order valence-electron chi connectivity index (χ4n) is 2.01. The second-order valence-corrected chi connectivity index (χ2v) is 5.65. The van der Waals surface area contributed by atoms with E-state index in [1.807, 2.05) is 18.2 Å². The minimum atomic E-state index is -0.507. The molecule has 3 heteroatoms. The molecule has 3 N–H and O–H groups in total. The summed E-state index contributed by atoms with van der Waals surface area (Å²) in [6.45, 7) is 2.22. The lowest BCUT2D eigenvalue weighted by Crippen LogP contribution is -2.11. The Bertz CT molecular complexity index is 394. The average molecular weight is 319 g/mol. The third-order valence-electron chi connectivity index (χ3n) is 3.36. The van der Waals surface area contributed by atoms with Crippen LogP contribution in [0.15, 0.2) is 48.6 Å². The second-order valence-electron chi connectivity index (χ2n) is 5.65. The summed E-state index contributed by atoms with van der Waals surface area (Å²) in [7, 11) is 0. The van der Waals surface area contributed by atoms with Crippen LogP contribution in [0.4, 0.5) is 0 Å². The molecule has 0 saturated carbocycles. The first-order valence-electron chi connectivity index (χ1n) is 8.76. The molecule has 0 rings (SSSR count). The number of rotatable bonds is 14. The zero-order valence-corrected chi connectivity index (χ0v) is 14.5. The van der Waals surface area contributed by atoms with Crippen molar-refractivity contribution in [3.63, 3.8) is 0 Å². The average Bonchev–Trinajstić information content (AvgIpc) is 2.51. The molecule has 0 radical (unpaired) electrons. The van der Waals surface area contributed by atoms with Gasteiger partial charge in [-0.3, -0.25) is 4.79 Å². The van der Waals surface area contributed by atoms with E-state index in [1.165, 1.54) is 25.7 Å². The Kier molecular flexibility index (Phi) is 15.6. The molecule has 1 amide bonds. The number of hydrogen-bond donors (Lipinski definition) is 2. The van der Waals surface area contributed by atoms with Gasteiger partial charge in [-0.2, -0.15) is 0 Å². The molecule has 0 aliphatic heterocycles. The van der Waals surface area contributed by atoms with E-state index in [4.69, 9.17) is 5.73 Å². The number of hydrogen-bond acceptors (Lipinski definition) is 2. The van der Waals surface area contributed by atoms with Gasteiger partial charge in [0.1, 0.15) is 0 Å². The summed E-state index contributed by atoms with van der Waals surface area (Å²) < 4.78 is 0. The maximum Gasteiger partial charge on any atom is 0.217 e. The van der Waals surface area contributed by atoms with Crippen molar-refractivity contribution < 1.29 is 9.90 Å². The van der Waals surface area contributed by atoms with Crippen molar-refractivity contribution in [2.75, 3.05) is 0 Å². The first kappa shape index (κ1) is 21.4. The van der Waals surface area contributed by atoms with E-state index in [9.17, 15) is 9.90 Å². The minimum Gasteiger partial charge on any atom is -0.389 e. The van der Waals surface area contributed by atoms with Gasteiger partial charge in [-0.25, -0.2) is 0 Å². The number of aliphatic hydroxyl groups excluding tert-OH is 1. The van der Waals surface area contributed by atoms with Crippen LogP contribution in [0.3, 0.4) is 0 Å². The van der Waals surface area contributed by atoms with Gasteiger partial charge < -0.3 is 10.8 Å². The van der Waals surface area contributed by atoms with Gasteiger partial charge in [-0.05, 0) is 38.5 Å². The van der Waals surface area contributed by atoms with Gasteiger partial charge in [0.2, 0.25) is 5.91 Å². The van der Waals surface area contributed by atoms with Crippen LogP contribution in [-0.4, -0.2) is 17.1 Å². The molecule has 1 unspecified atom stereocenters. The quantitative estimate of drug-likeness (QED) is 0.279. The molecule has 0 aliphatic carbocycles. The van der Waals surface area contributed by atoms with Gasteiger partial charge in [0.25, 0.3) is 0 Å². The van der Waals surface area contributed by atoms with E-state index in [-0.39, 0.29) is 5.91 Å². The number of primary amides is 1. The van der Waals surface area contributed by atoms with Gasteiger partial charge in [0.05, 0.1) is 6.10 Å². The second kappa shape index (κ2) is 16.8. The SMILES string of the molecule is CCCCC/C=C\C/C=C\C/C=C\C=C\C(O)CCCC(N)=O. The number of aliphatic hydroxyl groups is 1. The van der Waals surface area contributed by atoms with Crippen LogP contribution >= 0.6 is 0 Å². The van der Waals surface area contributed by atoms with Crippen molar-refractivity contribution in [2.45, 2.75) is 70.8 Å². The molecule has 0 heterocycles. The fourth-order valence-corrected chi connectivity index (χ4v) is 2.01. The van der Waals surface area contributed by atoms with E-state index >= 15 is 0 Å². The zero-order chi connectivity index (χ0) is 17.2. The summed E-state index contributed by atoms with van der Waals surface area (Å²) in [5.74, 6) is -0.316. The van der Waals surface area contributed by atoms with E-state index in [1.54, 1.807) is 6.08 Å². The first-order chi connectivity index (χ1) is 11.2. The van der Waals surface area contributed by atoms with Crippen LogP contribution in [0.2, 0.25) is 0 Å². The Morgan fingerprint density at radius 1 is 1.00 bits per heavy atom. The lowest BCUT2D eigenvalue weighted by molar-refractivity contribution is -0.118. The Hall–Kier alpha value is -1.61. The van der Waals surface area contributed by atoms with E-state index in [0.29, 0.717) is 19.3 Å². The third-order valence-corrected chi connectivity index (χ3v) is 3.36. The Morgan fingerprint density at radius 3 is 2.39 bits per heavy atom. The van der Waals surface area contributed by atoms with Crippen LogP contribution in [-0.2, 0) is 4.79 Å². The highest BCUT2D eigenvalue weighted by molar-refractivity contribution is 5.73. The van der Waals surface area contributed by atoms with Crippen molar-refractivity contribution >= 4 is 5.91 Å². The molecule has 0 aromatic carbocycles. The number of unbranched alkanes of at least 4 members (excludes halogenated alkanes) is 3. The highest BCUT2D eigenvalue weighted by Crippen LogP contribution is 2.02. The normalized spacial score (nSPS) is 13.8. The largest absolute Gasteiger partial charge is 0.389 e. The molecule has 130 valence electrons. The smallest absolute Gasteiger partial charge is 0.217 e. The van der Waals surface area contributed by atoms with Crippen molar-refractivity contribution in [1.29, 1.82) is 0 Å². The van der Waals surface area contributed by atoms with Crippen LogP contribution in [0.5, 0.6) is 0 Å². The molecule has 0 saturated heterocycles. The molecule has 0 aromatic heterocycles. The lowest BCUT2D eigenvalue weighted by Gasteiger charge is -2.02. The Balaban J connectivity index is 3.59. The molecular formula is C20H33NO2. The van der Waals surface area contributed by atoms with Gasteiger partial charge in [0.15, 0.2) is 0 Å². The first-order valence-corrected chi connectivity index (χ1v) is 8.76. The number of amides is 1. The van der Waals surface area contributed by atoms with Crippen LogP contribution in [0, 0.1) is 0 Å². The zero-order valence-electron chi connectivity index (χ0n) is 14.5. The predicted molar refractivity (Wildman–Crippen MR) is 99.0 cm³/mol. The summed E-state index contributed by atoms with van der Waals surface area (Å²) >= 11 is 0. The van der Waals surface area contributed by atoms with E-state index < -0.39 is 6.10 Å². The molecule has 0 aliphatic rings. The Morgan fingerprint density at radius 2 is 1.70 bits per heavy atom. The monoisotopic (exact) mass is 319 g/mol. The standard InChI is InChI=1S/C20H33NO2/c1-2-3-4-5-6-7-8-9-10-11-12-13-14-16-19(22)17-15-18-20(21)23/h6-7,9-10,12-14,16,19,22H,2-5,8,11,15,17-18H2,1H3,(H2,21,23)/b7-6-,10-9-,13-12-,16-14+. The van der Waals surface area contributed by atoms with Crippen molar-refractivity contribution in [2.24, 2.45) is 5.73 Å². The van der Waals surface area contributed by atoms with Gasteiger partial charge >= 0.3 is 0 Å². The Labute approximate surface area is 141 Å². The topological polar surface area (TPSA) is 63.3 Å². The molecule has 23 heavy (non-hydrogen) atoms. The molecule has 0 aromatic rings. The summed E-state index contributed by atoms with van der Waals surface area (Å²) in [6.07, 6.45) is 24.3. The summed E-state index contributed by atoms with van der Waals surface area (Å²) in [5.41, 5.74) is 5.04. The van der Waals surface area contributed by atoms with E-state index in [2.05, 4.69) is 31.2 Å². The van der Waals surface area contributed by atoms with Gasteiger partial charge in [0, 0.05) is 6.42 Å². The summed E-state index contributed by atoms with van der Waals surface area (Å²) in [5, 5.41) is 9.64. The molecular weight excluding hydrogens is 286 g/mol. The third kappa shape index (κ3) is 18.3. The molecule has 1 atom stereocenters. The van der Waals surface area contributed by atoms with Gasteiger partial charge in [-0.1, -0.05) is 68.4 Å². The predicted octanol–water partition coefficient (Wildman–Crippen LogP) is 4.59. The molecule has 0 fully saturated rings. The molecule has 0 spiro atoms. The van der Waals surface area contributed by atoms with Crippen molar-refractivity contribution in [3.8, 4) is 0 Å². The number of allylic oxidation sites excluding steroid dienone is 7. The van der Waals surface area contributed by atoms with Crippen LogP contribution < -0.4 is 5.73 Å². The highest BCUT2D eigenvalue weighted by atomic mass is 16.3. The maximum absolute atomic E-state index is 10.6. The maximum atomic E-state index is 10.6. The lowest BCUT2D eigenvalue weighted by atomic mass is 10.1. The van der Waals surface area contributed by atoms with Crippen LogP contribution in [0.1, 0.15) is 64.7 Å².